The van der Waals surface area contributed by atoms with Crippen LogP contribution in [0.25, 0.3) is 0 Å². The SMILES string of the molecule is COc1ccc(C)cc1N(CC(=O)Nc1ccc(Cl)cc1Cl)C(C)=O. The number of anilines is 2. The van der Waals surface area contributed by atoms with Gasteiger partial charge in [-0.1, -0.05) is 29.3 Å². The van der Waals surface area contributed by atoms with Crippen molar-refractivity contribution in [2.75, 3.05) is 23.9 Å². The first kappa shape index (κ1) is 19.1. The van der Waals surface area contributed by atoms with Crippen molar-refractivity contribution in [3.8, 4) is 5.75 Å². The molecule has 0 atom stereocenters. The number of carbonyl (C=O) groups is 2. The summed E-state index contributed by atoms with van der Waals surface area (Å²) in [6, 6.07) is 10.2. The van der Waals surface area contributed by atoms with Crippen LogP contribution in [0, 0.1) is 6.92 Å². The van der Waals surface area contributed by atoms with Crippen LogP contribution in [0.3, 0.4) is 0 Å². The molecule has 132 valence electrons. The van der Waals surface area contributed by atoms with E-state index in [0.29, 0.717) is 27.2 Å². The third-order valence-electron chi connectivity index (χ3n) is 3.51. The van der Waals surface area contributed by atoms with E-state index in [1.54, 1.807) is 24.3 Å². The Bertz CT molecular complexity index is 809. The van der Waals surface area contributed by atoms with Gasteiger partial charge in [-0.05, 0) is 42.8 Å². The molecule has 7 heteroatoms. The Morgan fingerprint density at radius 1 is 1.16 bits per heavy atom. The summed E-state index contributed by atoms with van der Waals surface area (Å²) in [5.41, 5.74) is 1.91. The first-order chi connectivity index (χ1) is 11.8. The molecule has 0 aliphatic rings. The Kier molecular flexibility index (Phi) is 6.28. The molecular formula is C18H18Cl2N2O3. The van der Waals surface area contributed by atoms with Crippen LogP contribution >= 0.6 is 23.2 Å². The van der Waals surface area contributed by atoms with E-state index >= 15 is 0 Å². The quantitative estimate of drug-likeness (QED) is 0.840. The van der Waals surface area contributed by atoms with Crippen molar-refractivity contribution in [2.24, 2.45) is 0 Å². The number of ether oxygens (including phenoxy) is 1. The number of halogens is 2. The fourth-order valence-electron chi connectivity index (χ4n) is 2.30. The molecule has 0 spiro atoms. The summed E-state index contributed by atoms with van der Waals surface area (Å²) >= 11 is 11.9. The van der Waals surface area contributed by atoms with Crippen LogP contribution in [0.15, 0.2) is 36.4 Å². The standard InChI is InChI=1S/C18H18Cl2N2O3/c1-11-4-7-17(25-3)16(8-11)22(12(2)23)10-18(24)21-15-6-5-13(19)9-14(15)20/h4-9H,10H2,1-3H3,(H,21,24). The molecule has 0 heterocycles. The van der Waals surface area contributed by atoms with Crippen LogP contribution in [0.5, 0.6) is 5.75 Å². The van der Waals surface area contributed by atoms with E-state index in [1.807, 2.05) is 13.0 Å². The molecule has 2 aromatic carbocycles. The Hall–Kier alpha value is -2.24. The molecule has 0 aliphatic heterocycles. The van der Waals surface area contributed by atoms with E-state index in [2.05, 4.69) is 5.32 Å². The molecular weight excluding hydrogens is 363 g/mol. The van der Waals surface area contributed by atoms with E-state index in [1.165, 1.54) is 25.0 Å². The fraction of sp³-hybridized carbons (Fsp3) is 0.222. The van der Waals surface area contributed by atoms with Crippen molar-refractivity contribution < 1.29 is 14.3 Å². The van der Waals surface area contributed by atoms with E-state index in [9.17, 15) is 9.59 Å². The van der Waals surface area contributed by atoms with Crippen LogP contribution in [0.1, 0.15) is 12.5 Å². The summed E-state index contributed by atoms with van der Waals surface area (Å²) in [6.45, 7) is 3.12. The van der Waals surface area contributed by atoms with Crippen LogP contribution in [0.2, 0.25) is 10.0 Å². The maximum atomic E-state index is 12.4. The monoisotopic (exact) mass is 380 g/mol. The maximum Gasteiger partial charge on any atom is 0.244 e. The Balaban J connectivity index is 2.23. The minimum absolute atomic E-state index is 0.173. The first-order valence-corrected chi connectivity index (χ1v) is 8.25. The van der Waals surface area contributed by atoms with Crippen molar-refractivity contribution in [1.82, 2.24) is 0 Å². The van der Waals surface area contributed by atoms with Crippen molar-refractivity contribution >= 4 is 46.4 Å². The molecule has 25 heavy (non-hydrogen) atoms. The molecule has 0 saturated heterocycles. The van der Waals surface area contributed by atoms with Gasteiger partial charge in [0.1, 0.15) is 12.3 Å². The lowest BCUT2D eigenvalue weighted by atomic mass is 10.2. The second-order valence-corrected chi connectivity index (χ2v) is 6.30. The van der Waals surface area contributed by atoms with Crippen LogP contribution < -0.4 is 15.0 Å². The lowest BCUT2D eigenvalue weighted by molar-refractivity contribution is -0.120. The molecule has 5 nitrogen and oxygen atoms in total. The number of aryl methyl sites for hydroxylation is 1. The van der Waals surface area contributed by atoms with Gasteiger partial charge in [-0.3, -0.25) is 14.5 Å². The average Bonchev–Trinajstić information content (AvgIpc) is 2.55. The Morgan fingerprint density at radius 3 is 2.48 bits per heavy atom. The molecule has 0 unspecified atom stereocenters. The van der Waals surface area contributed by atoms with Gasteiger partial charge < -0.3 is 10.1 Å². The summed E-state index contributed by atoms with van der Waals surface area (Å²) in [4.78, 5) is 25.8. The zero-order valence-electron chi connectivity index (χ0n) is 14.1. The first-order valence-electron chi connectivity index (χ1n) is 7.49. The van der Waals surface area contributed by atoms with Crippen LogP contribution in [-0.2, 0) is 9.59 Å². The normalized spacial score (nSPS) is 10.3. The zero-order valence-corrected chi connectivity index (χ0v) is 15.6. The number of nitrogens with one attached hydrogen (secondary N) is 1. The van der Waals surface area contributed by atoms with Gasteiger partial charge in [-0.15, -0.1) is 0 Å². The van der Waals surface area contributed by atoms with Crippen molar-refractivity contribution in [2.45, 2.75) is 13.8 Å². The highest BCUT2D eigenvalue weighted by atomic mass is 35.5. The number of carbonyl (C=O) groups excluding carboxylic acids is 2. The summed E-state index contributed by atoms with van der Waals surface area (Å²) in [6.07, 6.45) is 0. The number of rotatable bonds is 5. The summed E-state index contributed by atoms with van der Waals surface area (Å²) in [7, 11) is 1.51. The van der Waals surface area contributed by atoms with Gasteiger partial charge in [0.2, 0.25) is 11.8 Å². The van der Waals surface area contributed by atoms with Crippen molar-refractivity contribution in [3.63, 3.8) is 0 Å². The average molecular weight is 381 g/mol. The molecule has 1 N–H and O–H groups in total. The molecule has 0 radical (unpaired) electrons. The number of methoxy groups -OCH3 is 1. The molecule has 0 aliphatic carbocycles. The lowest BCUT2D eigenvalue weighted by Crippen LogP contribution is -2.37. The Morgan fingerprint density at radius 2 is 1.88 bits per heavy atom. The minimum Gasteiger partial charge on any atom is -0.495 e. The topological polar surface area (TPSA) is 58.6 Å². The molecule has 2 rings (SSSR count). The van der Waals surface area contributed by atoms with Gasteiger partial charge >= 0.3 is 0 Å². The summed E-state index contributed by atoms with van der Waals surface area (Å²) in [5.74, 6) is -0.151. The number of hydrogen-bond acceptors (Lipinski definition) is 3. The maximum absolute atomic E-state index is 12.4. The van der Waals surface area contributed by atoms with E-state index in [-0.39, 0.29) is 18.4 Å². The number of hydrogen-bond donors (Lipinski definition) is 1. The number of amides is 2. The third-order valence-corrected chi connectivity index (χ3v) is 4.06. The van der Waals surface area contributed by atoms with Crippen LogP contribution in [-0.4, -0.2) is 25.5 Å². The second kappa shape index (κ2) is 8.23. The predicted octanol–water partition coefficient (Wildman–Crippen LogP) is 4.30. The summed E-state index contributed by atoms with van der Waals surface area (Å²) in [5, 5.41) is 3.47. The lowest BCUT2D eigenvalue weighted by Gasteiger charge is -2.23. The molecule has 0 fully saturated rings. The van der Waals surface area contributed by atoms with Crippen molar-refractivity contribution in [1.29, 1.82) is 0 Å². The molecule has 0 aromatic heterocycles. The summed E-state index contributed by atoms with van der Waals surface area (Å²) < 4.78 is 5.30. The van der Waals surface area contributed by atoms with E-state index < -0.39 is 0 Å². The highest BCUT2D eigenvalue weighted by molar-refractivity contribution is 6.36. The van der Waals surface area contributed by atoms with Crippen molar-refractivity contribution in [3.05, 3.63) is 52.0 Å². The minimum atomic E-state index is -0.386. The highest BCUT2D eigenvalue weighted by Crippen LogP contribution is 2.30. The fourth-order valence-corrected chi connectivity index (χ4v) is 2.76. The second-order valence-electron chi connectivity index (χ2n) is 5.45. The molecule has 2 amide bonds. The number of benzene rings is 2. The van der Waals surface area contributed by atoms with Gasteiger partial charge in [0.05, 0.1) is 23.5 Å². The predicted molar refractivity (Wildman–Crippen MR) is 101 cm³/mol. The van der Waals surface area contributed by atoms with Gasteiger partial charge in [-0.2, -0.15) is 0 Å². The van der Waals surface area contributed by atoms with E-state index in [0.717, 1.165) is 5.56 Å². The molecule has 0 bridgehead atoms. The smallest absolute Gasteiger partial charge is 0.244 e. The van der Waals surface area contributed by atoms with Gasteiger partial charge in [0.25, 0.3) is 0 Å². The Labute approximate surface area is 156 Å². The third kappa shape index (κ3) is 4.87. The zero-order chi connectivity index (χ0) is 18.6. The van der Waals surface area contributed by atoms with Crippen LogP contribution in [0.4, 0.5) is 11.4 Å². The van der Waals surface area contributed by atoms with Gasteiger partial charge in [0.15, 0.2) is 0 Å². The van der Waals surface area contributed by atoms with Gasteiger partial charge in [-0.25, -0.2) is 0 Å². The van der Waals surface area contributed by atoms with E-state index in [4.69, 9.17) is 27.9 Å². The number of nitrogens with zero attached hydrogens (tertiary/aromatic N) is 1. The molecule has 0 saturated carbocycles. The van der Waals surface area contributed by atoms with Gasteiger partial charge in [0, 0.05) is 11.9 Å². The molecule has 2 aromatic rings. The largest absolute Gasteiger partial charge is 0.495 e. The highest BCUT2D eigenvalue weighted by Gasteiger charge is 2.20.